The molecule has 13 heteroatoms. The number of rotatable bonds is 28. The van der Waals surface area contributed by atoms with Gasteiger partial charge in [0.1, 0.15) is 13.2 Å². The Kier molecular flexibility index (Phi) is 20.4. The smallest absolute Gasteiger partial charge is 0.409 e. The Labute approximate surface area is 283 Å². The van der Waals surface area contributed by atoms with E-state index in [-0.39, 0.29) is 18.6 Å². The van der Waals surface area contributed by atoms with E-state index in [9.17, 15) is 9.59 Å². The van der Waals surface area contributed by atoms with E-state index < -0.39 is 5.97 Å². The molecule has 0 radical (unpaired) electrons. The zero-order chi connectivity index (χ0) is 34.1. The number of ether oxygens (including phenoxy) is 10. The number of esters is 1. The maximum absolute atomic E-state index is 12.6. The van der Waals surface area contributed by atoms with Crippen molar-refractivity contribution in [3.63, 3.8) is 0 Å². The maximum atomic E-state index is 12.6. The first-order valence-electron chi connectivity index (χ1n) is 16.4. The van der Waals surface area contributed by atoms with Crippen LogP contribution in [0.4, 0.5) is 4.79 Å². The second kappa shape index (κ2) is 24.9. The van der Waals surface area contributed by atoms with Gasteiger partial charge in [0.05, 0.1) is 106 Å². The molecule has 0 aromatic heterocycles. The van der Waals surface area contributed by atoms with Crippen molar-refractivity contribution >= 4 is 12.1 Å². The number of carbonyl (C=O) groups is 2. The molecule has 0 bridgehead atoms. The Bertz CT molecular complexity index is 1120. The van der Waals surface area contributed by atoms with Crippen molar-refractivity contribution in [3.8, 4) is 11.1 Å². The van der Waals surface area contributed by atoms with Gasteiger partial charge in [-0.3, -0.25) is 0 Å². The molecule has 1 aliphatic carbocycles. The summed E-state index contributed by atoms with van der Waals surface area (Å²) in [6.45, 7) is 7.25. The van der Waals surface area contributed by atoms with Crippen LogP contribution in [0, 0.1) is 0 Å². The van der Waals surface area contributed by atoms with E-state index in [1.807, 2.05) is 24.3 Å². The Morgan fingerprint density at radius 3 is 1.35 bits per heavy atom. The van der Waals surface area contributed by atoms with E-state index in [0.717, 1.165) is 0 Å². The van der Waals surface area contributed by atoms with Crippen molar-refractivity contribution in [2.45, 2.75) is 5.92 Å². The lowest BCUT2D eigenvalue weighted by molar-refractivity contribution is -0.146. The van der Waals surface area contributed by atoms with E-state index in [4.69, 9.17) is 42.6 Å². The Morgan fingerprint density at radius 2 is 0.938 bits per heavy atom. The van der Waals surface area contributed by atoms with Gasteiger partial charge in [-0.2, -0.15) is 0 Å². The lowest BCUT2D eigenvalue weighted by atomic mass is 9.98. The number of benzene rings is 2. The van der Waals surface area contributed by atoms with Crippen molar-refractivity contribution in [1.82, 2.24) is 4.90 Å². The van der Waals surface area contributed by atoms with E-state index in [0.29, 0.717) is 112 Å². The first-order chi connectivity index (χ1) is 23.6. The molecule has 1 aliphatic rings. The molecule has 2 aromatic carbocycles. The molecule has 0 unspecified atom stereocenters. The molecule has 0 saturated carbocycles. The number of hydrogen-bond acceptors (Lipinski definition) is 12. The molecular formula is C35H51NO12. The number of nitrogens with zero attached hydrogens (tertiary/aromatic N) is 1. The van der Waals surface area contributed by atoms with Gasteiger partial charge in [0.25, 0.3) is 0 Å². The molecule has 0 heterocycles. The highest BCUT2D eigenvalue weighted by molar-refractivity contribution is 5.79. The minimum absolute atomic E-state index is 0.0370. The first-order valence-corrected chi connectivity index (χ1v) is 16.4. The fourth-order valence-corrected chi connectivity index (χ4v) is 4.75. The third-order valence-corrected chi connectivity index (χ3v) is 7.27. The van der Waals surface area contributed by atoms with Gasteiger partial charge in [0.2, 0.25) is 0 Å². The van der Waals surface area contributed by atoms with E-state index >= 15 is 0 Å². The van der Waals surface area contributed by atoms with Crippen molar-refractivity contribution in [3.05, 3.63) is 59.7 Å². The molecule has 0 N–H and O–H groups in total. The zero-order valence-corrected chi connectivity index (χ0v) is 28.3. The van der Waals surface area contributed by atoms with E-state index in [1.165, 1.54) is 34.3 Å². The van der Waals surface area contributed by atoms with Gasteiger partial charge < -0.3 is 52.3 Å². The fourth-order valence-electron chi connectivity index (χ4n) is 4.75. The Hall–Kier alpha value is -3.14. The van der Waals surface area contributed by atoms with Crippen LogP contribution in [0.5, 0.6) is 0 Å². The van der Waals surface area contributed by atoms with Gasteiger partial charge in [-0.25, -0.2) is 9.59 Å². The van der Waals surface area contributed by atoms with Gasteiger partial charge in [0.15, 0.2) is 0 Å². The molecule has 13 nitrogen and oxygen atoms in total. The number of likely N-dealkylation sites (N-methyl/N-ethyl adjacent to an activating group) is 1. The van der Waals surface area contributed by atoms with Crippen molar-refractivity contribution in [2.75, 3.05) is 133 Å². The maximum Gasteiger partial charge on any atom is 0.409 e. The topological polar surface area (TPSA) is 130 Å². The minimum atomic E-state index is -0.411. The van der Waals surface area contributed by atoms with Crippen LogP contribution in [-0.4, -0.2) is 150 Å². The summed E-state index contributed by atoms with van der Waals surface area (Å²) in [4.78, 5) is 25.0. The highest BCUT2D eigenvalue weighted by atomic mass is 16.6. The summed E-state index contributed by atoms with van der Waals surface area (Å²) < 4.78 is 53.5. The van der Waals surface area contributed by atoms with E-state index in [1.54, 1.807) is 7.05 Å². The van der Waals surface area contributed by atoms with Gasteiger partial charge in [-0.05, 0) is 22.3 Å². The van der Waals surface area contributed by atoms with Gasteiger partial charge in [-0.15, -0.1) is 0 Å². The number of amides is 1. The van der Waals surface area contributed by atoms with E-state index in [2.05, 4.69) is 29.0 Å². The van der Waals surface area contributed by atoms with Crippen LogP contribution in [0.1, 0.15) is 17.0 Å². The number of fused-ring (bicyclic) bond motifs is 3. The van der Waals surface area contributed by atoms with Crippen LogP contribution >= 0.6 is 0 Å². The van der Waals surface area contributed by atoms with Crippen molar-refractivity contribution in [2.24, 2.45) is 0 Å². The van der Waals surface area contributed by atoms with Crippen LogP contribution < -0.4 is 0 Å². The lowest BCUT2D eigenvalue weighted by Gasteiger charge is -2.19. The fraction of sp³-hybridized carbons (Fsp3) is 0.600. The quantitative estimate of drug-likeness (QED) is 0.0969. The third-order valence-electron chi connectivity index (χ3n) is 7.27. The summed E-state index contributed by atoms with van der Waals surface area (Å²) in [6, 6.07) is 16.6. The molecule has 3 rings (SSSR count). The highest BCUT2D eigenvalue weighted by Gasteiger charge is 2.29. The molecule has 0 atom stereocenters. The SMILES string of the molecule is COC(=O)COCCOCCOCCOCCOCCOCCOCCOCCN(C)C(=O)OCC1c2ccccc2-c2ccccc21. The molecular weight excluding hydrogens is 626 g/mol. The van der Waals surface area contributed by atoms with Crippen LogP contribution in [-0.2, 0) is 52.2 Å². The second-order valence-electron chi connectivity index (χ2n) is 10.6. The molecule has 268 valence electrons. The molecule has 0 spiro atoms. The predicted molar refractivity (Wildman–Crippen MR) is 176 cm³/mol. The monoisotopic (exact) mass is 677 g/mol. The summed E-state index contributed by atoms with van der Waals surface area (Å²) in [6.07, 6.45) is -0.368. The summed E-state index contributed by atoms with van der Waals surface area (Å²) >= 11 is 0. The average molecular weight is 678 g/mol. The molecule has 48 heavy (non-hydrogen) atoms. The van der Waals surface area contributed by atoms with Gasteiger partial charge in [0, 0.05) is 19.5 Å². The Morgan fingerprint density at radius 1 is 0.562 bits per heavy atom. The standard InChI is InChI=1S/C35H51NO12/c1-36(35(38)48-27-33-31-9-5-3-7-29(31)30-8-4-6-10-32(30)33)11-12-40-13-14-41-15-16-42-17-18-43-19-20-44-21-22-45-23-24-46-25-26-47-28-34(37)39-2/h3-10,33H,11-28H2,1-2H3. The average Bonchev–Trinajstić information content (AvgIpc) is 3.43. The normalized spacial score (nSPS) is 12.1. The summed E-state index contributed by atoms with van der Waals surface area (Å²) in [5.74, 6) is -0.374. The molecule has 0 fully saturated rings. The second-order valence-corrected chi connectivity index (χ2v) is 10.6. The molecule has 1 amide bonds. The lowest BCUT2D eigenvalue weighted by Crippen LogP contribution is -2.32. The van der Waals surface area contributed by atoms with Crippen molar-refractivity contribution < 1.29 is 57.0 Å². The number of methoxy groups -OCH3 is 1. The molecule has 0 saturated heterocycles. The van der Waals surface area contributed by atoms with Crippen LogP contribution in [0.2, 0.25) is 0 Å². The van der Waals surface area contributed by atoms with Crippen LogP contribution in [0.25, 0.3) is 11.1 Å². The largest absolute Gasteiger partial charge is 0.467 e. The summed E-state index contributed by atoms with van der Waals surface area (Å²) in [7, 11) is 3.02. The Balaban J connectivity index is 1.03. The summed E-state index contributed by atoms with van der Waals surface area (Å²) in [5.41, 5.74) is 4.79. The first kappa shape index (κ1) is 39.3. The van der Waals surface area contributed by atoms with Crippen LogP contribution in [0.15, 0.2) is 48.5 Å². The number of hydrogen-bond donors (Lipinski definition) is 0. The molecule has 0 aliphatic heterocycles. The van der Waals surface area contributed by atoms with Gasteiger partial charge >= 0.3 is 12.1 Å². The molecule has 2 aromatic rings. The van der Waals surface area contributed by atoms with Gasteiger partial charge in [-0.1, -0.05) is 48.5 Å². The zero-order valence-electron chi connectivity index (χ0n) is 28.3. The minimum Gasteiger partial charge on any atom is -0.467 e. The summed E-state index contributed by atoms with van der Waals surface area (Å²) in [5, 5.41) is 0. The van der Waals surface area contributed by atoms with Crippen LogP contribution in [0.3, 0.4) is 0 Å². The third kappa shape index (κ3) is 15.4. The number of carbonyl (C=O) groups excluding carboxylic acids is 2. The van der Waals surface area contributed by atoms with Crippen molar-refractivity contribution in [1.29, 1.82) is 0 Å². The predicted octanol–water partition coefficient (Wildman–Crippen LogP) is 3.17. The highest BCUT2D eigenvalue weighted by Crippen LogP contribution is 2.44.